The van der Waals surface area contributed by atoms with Gasteiger partial charge in [0.25, 0.3) is 0 Å². The van der Waals surface area contributed by atoms with Crippen LogP contribution in [0, 0.1) is 0 Å². The van der Waals surface area contributed by atoms with Crippen LogP contribution in [0.3, 0.4) is 0 Å². The van der Waals surface area contributed by atoms with Gasteiger partial charge in [-0.1, -0.05) is 12.1 Å². The van der Waals surface area contributed by atoms with Crippen molar-refractivity contribution in [1.29, 1.82) is 0 Å². The van der Waals surface area contributed by atoms with Crippen molar-refractivity contribution in [2.24, 2.45) is 0 Å². The second-order valence-corrected chi connectivity index (χ2v) is 3.28. The lowest BCUT2D eigenvalue weighted by atomic mass is 10.3. The van der Waals surface area contributed by atoms with Crippen molar-refractivity contribution in [2.75, 3.05) is 18.6 Å². The van der Waals surface area contributed by atoms with E-state index in [0.717, 1.165) is 4.47 Å². The van der Waals surface area contributed by atoms with Crippen LogP contribution in [0.25, 0.3) is 0 Å². The van der Waals surface area contributed by atoms with Gasteiger partial charge in [0.1, 0.15) is 13.3 Å². The summed E-state index contributed by atoms with van der Waals surface area (Å²) >= 11 is 3.25. The molecule has 0 radical (unpaired) electrons. The minimum atomic E-state index is -0.677. The fourth-order valence-electron chi connectivity index (χ4n) is 0.840. The molecule has 14 heavy (non-hydrogen) atoms. The average molecular weight is 262 g/mol. The molecule has 1 aromatic carbocycles. The molecule has 0 saturated heterocycles. The van der Waals surface area contributed by atoms with Gasteiger partial charge in [0.05, 0.1) is 5.69 Å². The number of benzene rings is 1. The minimum absolute atomic E-state index is 0.226. The zero-order chi connectivity index (χ0) is 10.4. The van der Waals surface area contributed by atoms with Gasteiger partial charge in [0.2, 0.25) is 0 Å². The molecule has 0 atom stereocenters. The molecule has 1 rings (SSSR count). The van der Waals surface area contributed by atoms with Crippen LogP contribution in [-0.2, 0) is 4.74 Å². The second-order valence-electron chi connectivity index (χ2n) is 2.43. The number of hydrogen-bond acceptors (Lipinski definition) is 2. The molecule has 0 aliphatic carbocycles. The van der Waals surface area contributed by atoms with E-state index in [-0.39, 0.29) is 6.61 Å². The van der Waals surface area contributed by atoms with Gasteiger partial charge in [-0.2, -0.15) is 0 Å². The predicted molar refractivity (Wildman–Crippen MR) is 55.1 cm³/mol. The fourth-order valence-corrected chi connectivity index (χ4v) is 1.22. The highest BCUT2D eigenvalue weighted by Gasteiger charge is 2.04. The number of para-hydroxylation sites is 1. The summed E-state index contributed by atoms with van der Waals surface area (Å²) in [5.41, 5.74) is 0.594. The Balaban J connectivity index is 2.52. The number of alkyl halides is 1. The largest absolute Gasteiger partial charge is 0.447 e. The van der Waals surface area contributed by atoms with Crippen LogP contribution in [-0.4, -0.2) is 19.4 Å². The number of carbonyl (C=O) groups excluding carboxylic acids is 1. The molecule has 0 bridgehead atoms. The van der Waals surface area contributed by atoms with E-state index < -0.39 is 12.8 Å². The summed E-state index contributed by atoms with van der Waals surface area (Å²) in [7, 11) is 0. The first-order chi connectivity index (χ1) is 6.74. The van der Waals surface area contributed by atoms with Crippen molar-refractivity contribution in [2.45, 2.75) is 0 Å². The number of nitrogens with one attached hydrogen (secondary N) is 1. The SMILES string of the molecule is O=C(Nc1ccccc1Br)OCCF. The highest BCUT2D eigenvalue weighted by atomic mass is 79.9. The number of anilines is 1. The van der Waals surface area contributed by atoms with Gasteiger partial charge >= 0.3 is 6.09 Å². The Morgan fingerprint density at radius 3 is 2.86 bits per heavy atom. The molecule has 5 heteroatoms. The van der Waals surface area contributed by atoms with Gasteiger partial charge in [-0.15, -0.1) is 0 Å². The first-order valence-electron chi connectivity index (χ1n) is 3.98. The Morgan fingerprint density at radius 2 is 2.21 bits per heavy atom. The average Bonchev–Trinajstić information content (AvgIpc) is 2.18. The fraction of sp³-hybridized carbons (Fsp3) is 0.222. The van der Waals surface area contributed by atoms with Crippen LogP contribution in [0.5, 0.6) is 0 Å². The molecule has 0 spiro atoms. The van der Waals surface area contributed by atoms with E-state index in [1.54, 1.807) is 18.2 Å². The molecule has 1 amide bonds. The summed E-state index contributed by atoms with van der Waals surface area (Å²) in [6.45, 7) is -0.903. The van der Waals surface area contributed by atoms with Gasteiger partial charge in [0.15, 0.2) is 0 Å². The number of hydrogen-bond donors (Lipinski definition) is 1. The Bertz CT molecular complexity index is 319. The molecule has 76 valence electrons. The van der Waals surface area contributed by atoms with Gasteiger partial charge in [0, 0.05) is 4.47 Å². The van der Waals surface area contributed by atoms with E-state index in [4.69, 9.17) is 0 Å². The Hall–Kier alpha value is -1.10. The molecule has 0 unspecified atom stereocenters. The molecule has 3 nitrogen and oxygen atoms in total. The summed E-state index contributed by atoms with van der Waals surface area (Å²) in [5, 5.41) is 2.47. The standard InChI is InChI=1S/C9H9BrFNO2/c10-7-3-1-2-4-8(7)12-9(13)14-6-5-11/h1-4H,5-6H2,(H,12,13). The lowest BCUT2D eigenvalue weighted by Crippen LogP contribution is -2.15. The molecular formula is C9H9BrFNO2. The lowest BCUT2D eigenvalue weighted by molar-refractivity contribution is 0.152. The quantitative estimate of drug-likeness (QED) is 0.909. The second kappa shape index (κ2) is 5.59. The van der Waals surface area contributed by atoms with Gasteiger partial charge < -0.3 is 4.74 Å². The number of halogens is 2. The normalized spacial score (nSPS) is 9.57. The lowest BCUT2D eigenvalue weighted by Gasteiger charge is -2.06. The number of carbonyl (C=O) groups is 1. The topological polar surface area (TPSA) is 38.3 Å². The molecule has 1 aromatic rings. The summed E-state index contributed by atoms with van der Waals surface area (Å²) in [6, 6.07) is 7.09. The summed E-state index contributed by atoms with van der Waals surface area (Å²) < 4.78 is 16.9. The van der Waals surface area contributed by atoms with Gasteiger partial charge in [-0.25, -0.2) is 9.18 Å². The van der Waals surface area contributed by atoms with Crippen molar-refractivity contribution in [3.8, 4) is 0 Å². The molecule has 1 N–H and O–H groups in total. The molecule has 0 aromatic heterocycles. The van der Waals surface area contributed by atoms with E-state index in [1.807, 2.05) is 6.07 Å². The van der Waals surface area contributed by atoms with E-state index in [0.29, 0.717) is 5.69 Å². The predicted octanol–water partition coefficient (Wildman–Crippen LogP) is 2.97. The van der Waals surface area contributed by atoms with E-state index in [9.17, 15) is 9.18 Å². The third-order valence-corrected chi connectivity index (χ3v) is 2.11. The van der Waals surface area contributed by atoms with E-state index in [1.165, 1.54) is 0 Å². The highest BCUT2D eigenvalue weighted by Crippen LogP contribution is 2.21. The number of amides is 1. The monoisotopic (exact) mass is 261 g/mol. The zero-order valence-electron chi connectivity index (χ0n) is 7.30. The maximum atomic E-state index is 11.7. The summed E-state index contributed by atoms with van der Waals surface area (Å²) in [4.78, 5) is 11.0. The van der Waals surface area contributed by atoms with Crippen molar-refractivity contribution in [3.05, 3.63) is 28.7 Å². The van der Waals surface area contributed by atoms with Crippen molar-refractivity contribution >= 4 is 27.7 Å². The highest BCUT2D eigenvalue weighted by molar-refractivity contribution is 9.10. The smallest absolute Gasteiger partial charge is 0.411 e. The van der Waals surface area contributed by atoms with E-state index >= 15 is 0 Å². The minimum Gasteiger partial charge on any atom is -0.447 e. The molecule has 0 heterocycles. The Morgan fingerprint density at radius 1 is 1.50 bits per heavy atom. The molecule has 0 saturated carbocycles. The maximum Gasteiger partial charge on any atom is 0.411 e. The molecule has 0 aliphatic rings. The zero-order valence-corrected chi connectivity index (χ0v) is 8.88. The van der Waals surface area contributed by atoms with Gasteiger partial charge in [-0.05, 0) is 28.1 Å². The third kappa shape index (κ3) is 3.33. The number of ether oxygens (including phenoxy) is 1. The molecule has 0 fully saturated rings. The van der Waals surface area contributed by atoms with Crippen molar-refractivity contribution in [1.82, 2.24) is 0 Å². The third-order valence-electron chi connectivity index (χ3n) is 1.42. The van der Waals surface area contributed by atoms with Crippen LogP contribution in [0.4, 0.5) is 14.9 Å². The van der Waals surface area contributed by atoms with Crippen molar-refractivity contribution in [3.63, 3.8) is 0 Å². The molecular weight excluding hydrogens is 253 g/mol. The van der Waals surface area contributed by atoms with Crippen molar-refractivity contribution < 1.29 is 13.9 Å². The van der Waals surface area contributed by atoms with Crippen LogP contribution >= 0.6 is 15.9 Å². The van der Waals surface area contributed by atoms with Crippen LogP contribution < -0.4 is 5.32 Å². The summed E-state index contributed by atoms with van der Waals surface area (Å²) in [5.74, 6) is 0. The van der Waals surface area contributed by atoms with E-state index in [2.05, 4.69) is 26.0 Å². The molecule has 0 aliphatic heterocycles. The maximum absolute atomic E-state index is 11.7. The first-order valence-corrected chi connectivity index (χ1v) is 4.77. The Kier molecular flexibility index (Phi) is 4.39. The van der Waals surface area contributed by atoms with Crippen LogP contribution in [0.15, 0.2) is 28.7 Å². The van der Waals surface area contributed by atoms with Crippen LogP contribution in [0.2, 0.25) is 0 Å². The Labute approximate surface area is 89.4 Å². The van der Waals surface area contributed by atoms with Crippen LogP contribution in [0.1, 0.15) is 0 Å². The first kappa shape index (κ1) is 11.0. The van der Waals surface area contributed by atoms with Gasteiger partial charge in [-0.3, -0.25) is 5.32 Å². The summed E-state index contributed by atoms with van der Waals surface area (Å²) in [6.07, 6.45) is -0.658. The number of rotatable bonds is 3.